The molecule has 1 amide bonds. The minimum atomic E-state index is -0.109. The van der Waals surface area contributed by atoms with Crippen molar-refractivity contribution in [3.05, 3.63) is 35.5 Å². The molecule has 4 rings (SSSR count). The van der Waals surface area contributed by atoms with Crippen molar-refractivity contribution in [2.75, 3.05) is 26.2 Å². The van der Waals surface area contributed by atoms with E-state index < -0.39 is 0 Å². The molecular weight excluding hydrogens is 340 g/mol. The molecule has 1 aromatic carbocycles. The smallest absolute Gasteiger partial charge is 0.272 e. The summed E-state index contributed by atoms with van der Waals surface area (Å²) in [6.07, 6.45) is 3.59. The Labute approximate surface area is 160 Å². The Morgan fingerprint density at radius 2 is 2.22 bits per heavy atom. The number of benzene rings is 1. The highest BCUT2D eigenvalue weighted by Gasteiger charge is 2.28. The first kappa shape index (κ1) is 18.0. The van der Waals surface area contributed by atoms with Crippen molar-refractivity contribution in [1.29, 1.82) is 0 Å². The van der Waals surface area contributed by atoms with Gasteiger partial charge in [-0.2, -0.15) is 5.10 Å². The molecule has 6 heteroatoms. The van der Waals surface area contributed by atoms with E-state index in [0.29, 0.717) is 18.8 Å². The number of para-hydroxylation sites is 1. The van der Waals surface area contributed by atoms with E-state index in [2.05, 4.69) is 22.2 Å². The van der Waals surface area contributed by atoms with Crippen molar-refractivity contribution in [1.82, 2.24) is 20.0 Å². The highest BCUT2D eigenvalue weighted by molar-refractivity contribution is 5.96. The number of amides is 1. The van der Waals surface area contributed by atoms with E-state index in [-0.39, 0.29) is 5.91 Å². The topological polar surface area (TPSA) is 59.4 Å². The lowest BCUT2D eigenvalue weighted by Gasteiger charge is -2.30. The summed E-state index contributed by atoms with van der Waals surface area (Å²) in [5.74, 6) is 1.52. The van der Waals surface area contributed by atoms with Crippen LogP contribution in [0.25, 0.3) is 11.3 Å². The molecule has 0 saturated carbocycles. The number of hydrogen-bond acceptors (Lipinski definition) is 4. The number of aromatic nitrogens is 2. The lowest BCUT2D eigenvalue weighted by Crippen LogP contribution is -2.36. The Morgan fingerprint density at radius 1 is 1.37 bits per heavy atom. The van der Waals surface area contributed by atoms with Gasteiger partial charge >= 0.3 is 0 Å². The van der Waals surface area contributed by atoms with Crippen molar-refractivity contribution in [3.8, 4) is 17.0 Å². The predicted octanol–water partition coefficient (Wildman–Crippen LogP) is 2.83. The molecule has 2 aliphatic rings. The highest BCUT2D eigenvalue weighted by atomic mass is 16.5. The largest absolute Gasteiger partial charge is 0.488 e. The maximum Gasteiger partial charge on any atom is 0.272 e. The summed E-state index contributed by atoms with van der Waals surface area (Å²) in [6, 6.07) is 7.89. The summed E-state index contributed by atoms with van der Waals surface area (Å²) < 4.78 is 7.62. The van der Waals surface area contributed by atoms with Crippen LogP contribution in [-0.4, -0.2) is 46.8 Å². The van der Waals surface area contributed by atoms with Crippen molar-refractivity contribution in [2.45, 2.75) is 32.8 Å². The van der Waals surface area contributed by atoms with Crippen LogP contribution in [0.5, 0.6) is 5.75 Å². The Morgan fingerprint density at radius 3 is 3.07 bits per heavy atom. The average Bonchev–Trinajstić information content (AvgIpc) is 3.02. The van der Waals surface area contributed by atoms with Gasteiger partial charge in [0.2, 0.25) is 0 Å². The number of carbonyl (C=O) groups is 1. The van der Waals surface area contributed by atoms with Crippen LogP contribution in [0, 0.1) is 5.92 Å². The van der Waals surface area contributed by atoms with Crippen molar-refractivity contribution < 1.29 is 9.53 Å². The first-order chi connectivity index (χ1) is 13.1. The third kappa shape index (κ3) is 3.72. The number of rotatable bonds is 5. The van der Waals surface area contributed by atoms with Gasteiger partial charge in [-0.25, -0.2) is 0 Å². The molecule has 3 heterocycles. The van der Waals surface area contributed by atoms with Gasteiger partial charge in [-0.05, 0) is 50.4 Å². The number of likely N-dealkylation sites (tertiary alicyclic amines) is 1. The Kier molecular flexibility index (Phi) is 5.16. The van der Waals surface area contributed by atoms with E-state index in [1.807, 2.05) is 31.3 Å². The van der Waals surface area contributed by atoms with E-state index in [9.17, 15) is 4.79 Å². The molecule has 0 radical (unpaired) electrons. The van der Waals surface area contributed by atoms with E-state index in [0.717, 1.165) is 41.5 Å². The Balaban J connectivity index is 1.38. The number of hydrogen-bond donors (Lipinski definition) is 1. The minimum absolute atomic E-state index is 0.109. The molecular formula is C21H28N4O2. The fourth-order valence-electron chi connectivity index (χ4n) is 4.24. The van der Waals surface area contributed by atoms with Gasteiger partial charge in [-0.1, -0.05) is 19.1 Å². The Hall–Kier alpha value is -2.34. The van der Waals surface area contributed by atoms with Gasteiger partial charge < -0.3 is 15.0 Å². The molecule has 144 valence electrons. The van der Waals surface area contributed by atoms with E-state index in [4.69, 9.17) is 4.74 Å². The van der Waals surface area contributed by atoms with E-state index >= 15 is 0 Å². The lowest BCUT2D eigenvalue weighted by molar-refractivity contribution is 0.0942. The van der Waals surface area contributed by atoms with Gasteiger partial charge in [0.25, 0.3) is 5.91 Å². The number of ether oxygens (including phenoxy) is 1. The maximum absolute atomic E-state index is 12.7. The van der Waals surface area contributed by atoms with Crippen LogP contribution in [0.3, 0.4) is 0 Å². The summed E-state index contributed by atoms with van der Waals surface area (Å²) in [5.41, 5.74) is 3.32. The molecule has 1 atom stereocenters. The predicted molar refractivity (Wildman–Crippen MR) is 105 cm³/mol. The summed E-state index contributed by atoms with van der Waals surface area (Å²) in [5, 5.41) is 7.52. The molecule has 1 N–H and O–H groups in total. The molecule has 27 heavy (non-hydrogen) atoms. The second-order valence-electron chi connectivity index (χ2n) is 7.74. The van der Waals surface area contributed by atoms with Crippen LogP contribution in [0.4, 0.5) is 0 Å². The molecule has 1 fully saturated rings. The molecule has 1 saturated heterocycles. The summed E-state index contributed by atoms with van der Waals surface area (Å²) in [4.78, 5) is 15.2. The van der Waals surface area contributed by atoms with E-state index in [1.54, 1.807) is 4.68 Å². The summed E-state index contributed by atoms with van der Waals surface area (Å²) in [7, 11) is 1.88. The lowest BCUT2D eigenvalue weighted by atomic mass is 10.0. The van der Waals surface area contributed by atoms with Crippen LogP contribution >= 0.6 is 0 Å². The zero-order valence-electron chi connectivity index (χ0n) is 16.2. The van der Waals surface area contributed by atoms with Crippen molar-refractivity contribution in [3.63, 3.8) is 0 Å². The monoisotopic (exact) mass is 368 g/mol. The van der Waals surface area contributed by atoms with Gasteiger partial charge in [0.15, 0.2) is 5.69 Å². The van der Waals surface area contributed by atoms with Gasteiger partial charge in [-0.15, -0.1) is 0 Å². The van der Waals surface area contributed by atoms with Crippen LogP contribution in [0.2, 0.25) is 0 Å². The first-order valence-electron chi connectivity index (χ1n) is 9.92. The fourth-order valence-corrected chi connectivity index (χ4v) is 4.24. The standard InChI is InChI=1S/C21H28N4O2/c1-15-7-5-11-25(13-15)12-6-10-22-21(26)19-17-14-27-18-9-4-3-8-16(18)20(17)24(2)23-19/h3-4,8-9,15H,5-7,10-14H2,1-2H3,(H,22,26)/t15-/m1/s1. The van der Waals surface area contributed by atoms with Crippen LogP contribution < -0.4 is 10.1 Å². The molecule has 0 bridgehead atoms. The number of nitrogens with zero attached hydrogens (tertiary/aromatic N) is 3. The third-order valence-electron chi connectivity index (χ3n) is 5.55. The zero-order valence-corrected chi connectivity index (χ0v) is 16.2. The summed E-state index contributed by atoms with van der Waals surface area (Å²) >= 11 is 0. The molecule has 1 aromatic heterocycles. The van der Waals surface area contributed by atoms with Gasteiger partial charge in [0, 0.05) is 31.3 Å². The minimum Gasteiger partial charge on any atom is -0.488 e. The number of aryl methyl sites for hydroxylation is 1. The number of carbonyl (C=O) groups excluding carboxylic acids is 1. The number of piperidine rings is 1. The first-order valence-corrected chi connectivity index (χ1v) is 9.92. The molecule has 2 aliphatic heterocycles. The van der Waals surface area contributed by atoms with Gasteiger partial charge in [-0.3, -0.25) is 9.48 Å². The SMILES string of the molecule is C[C@@H]1CCCN(CCCNC(=O)c2nn(C)c3c2COc2ccccc2-3)C1. The second-order valence-corrected chi connectivity index (χ2v) is 7.74. The zero-order chi connectivity index (χ0) is 18.8. The number of fused-ring (bicyclic) bond motifs is 3. The van der Waals surface area contributed by atoms with Crippen LogP contribution in [0.1, 0.15) is 42.2 Å². The normalized spacial score (nSPS) is 19.1. The molecule has 6 nitrogen and oxygen atoms in total. The molecule has 0 unspecified atom stereocenters. The van der Waals surface area contributed by atoms with Crippen molar-refractivity contribution >= 4 is 5.91 Å². The molecule has 0 aliphatic carbocycles. The van der Waals surface area contributed by atoms with Gasteiger partial charge in [0.05, 0.1) is 5.69 Å². The maximum atomic E-state index is 12.7. The quantitative estimate of drug-likeness (QED) is 0.825. The van der Waals surface area contributed by atoms with Crippen molar-refractivity contribution in [2.24, 2.45) is 13.0 Å². The van der Waals surface area contributed by atoms with Crippen LogP contribution in [-0.2, 0) is 13.7 Å². The van der Waals surface area contributed by atoms with Crippen LogP contribution in [0.15, 0.2) is 24.3 Å². The van der Waals surface area contributed by atoms with Gasteiger partial charge in [0.1, 0.15) is 12.4 Å². The Bertz CT molecular complexity index is 830. The third-order valence-corrected chi connectivity index (χ3v) is 5.55. The average molecular weight is 368 g/mol. The highest BCUT2D eigenvalue weighted by Crippen LogP contribution is 2.38. The van der Waals surface area contributed by atoms with E-state index in [1.165, 1.54) is 25.9 Å². The molecule has 2 aromatic rings. The molecule has 0 spiro atoms. The fraction of sp³-hybridized carbons (Fsp3) is 0.524. The summed E-state index contributed by atoms with van der Waals surface area (Å²) in [6.45, 7) is 6.78. The second kappa shape index (κ2) is 7.72. The number of nitrogens with one attached hydrogen (secondary N) is 1.